The molecule has 1 aliphatic heterocycles. The minimum atomic E-state index is 0.0726. The molecule has 2 heterocycles. The van der Waals surface area contributed by atoms with Crippen LogP contribution in [0.4, 0.5) is 0 Å². The summed E-state index contributed by atoms with van der Waals surface area (Å²) < 4.78 is 0. The summed E-state index contributed by atoms with van der Waals surface area (Å²) in [5, 5.41) is 4.17. The molecule has 0 bridgehead atoms. The van der Waals surface area contributed by atoms with Gasteiger partial charge in [-0.05, 0) is 24.6 Å². The predicted octanol–water partition coefficient (Wildman–Crippen LogP) is 1.78. The van der Waals surface area contributed by atoms with Gasteiger partial charge in [0.1, 0.15) is 0 Å². The lowest BCUT2D eigenvalue weighted by atomic mass is 10.1. The molecule has 1 aromatic heterocycles. The maximum atomic E-state index is 12.3. The van der Waals surface area contributed by atoms with Crippen LogP contribution in [-0.4, -0.2) is 67.0 Å². The summed E-state index contributed by atoms with van der Waals surface area (Å²) in [6, 6.07) is 9.96. The summed E-state index contributed by atoms with van der Waals surface area (Å²) >= 11 is 0. The van der Waals surface area contributed by atoms with E-state index in [0.717, 1.165) is 55.7 Å². The number of rotatable bonds is 6. The van der Waals surface area contributed by atoms with Crippen molar-refractivity contribution in [3.8, 4) is 0 Å². The molecule has 0 saturated carbocycles. The van der Waals surface area contributed by atoms with Crippen molar-refractivity contribution >= 4 is 16.8 Å². The number of amides is 1. The lowest BCUT2D eigenvalue weighted by molar-refractivity contribution is -0.120. The minimum Gasteiger partial charge on any atom is -0.355 e. The molecule has 1 N–H and O–H groups in total. The molecule has 1 saturated heterocycles. The molecule has 2 aromatic rings. The van der Waals surface area contributed by atoms with Gasteiger partial charge in [-0.15, -0.1) is 0 Å². The quantitative estimate of drug-likeness (QED) is 0.871. The van der Waals surface area contributed by atoms with E-state index >= 15 is 0 Å². The van der Waals surface area contributed by atoms with Gasteiger partial charge in [0.25, 0.3) is 0 Å². The van der Waals surface area contributed by atoms with Crippen LogP contribution in [0.3, 0.4) is 0 Å². The molecule has 3 rings (SSSR count). The van der Waals surface area contributed by atoms with Crippen molar-refractivity contribution in [2.45, 2.75) is 13.3 Å². The van der Waals surface area contributed by atoms with Gasteiger partial charge in [-0.25, -0.2) is 0 Å². The predicted molar refractivity (Wildman–Crippen MR) is 102 cm³/mol. The Morgan fingerprint density at radius 2 is 1.96 bits per heavy atom. The molecule has 1 aromatic carbocycles. The molecular formula is C20H28N4O. The highest BCUT2D eigenvalue weighted by molar-refractivity contribution is 5.87. The smallest absolute Gasteiger partial charge is 0.224 e. The first-order chi connectivity index (χ1) is 12.1. The lowest BCUT2D eigenvalue weighted by Gasteiger charge is -2.33. The van der Waals surface area contributed by atoms with E-state index in [1.807, 2.05) is 30.3 Å². The van der Waals surface area contributed by atoms with E-state index in [0.29, 0.717) is 12.3 Å². The number of piperazine rings is 1. The number of hydrogen-bond donors (Lipinski definition) is 1. The van der Waals surface area contributed by atoms with Crippen LogP contribution in [0.1, 0.15) is 12.5 Å². The Morgan fingerprint density at radius 3 is 2.76 bits per heavy atom. The van der Waals surface area contributed by atoms with E-state index < -0.39 is 0 Å². The SMILES string of the molecule is CC(CNC(=O)Cc1cccc2cccnc12)CN1CCN(C)CC1. The van der Waals surface area contributed by atoms with Gasteiger partial charge in [0.05, 0.1) is 11.9 Å². The Hall–Kier alpha value is -1.98. The number of aromatic nitrogens is 1. The Morgan fingerprint density at radius 1 is 1.20 bits per heavy atom. The second-order valence-corrected chi connectivity index (χ2v) is 7.18. The molecule has 1 amide bonds. The zero-order chi connectivity index (χ0) is 17.6. The molecule has 1 unspecified atom stereocenters. The summed E-state index contributed by atoms with van der Waals surface area (Å²) in [5.41, 5.74) is 1.91. The van der Waals surface area contributed by atoms with Crippen LogP contribution in [0.2, 0.25) is 0 Å². The van der Waals surface area contributed by atoms with Crippen molar-refractivity contribution < 1.29 is 4.79 Å². The van der Waals surface area contributed by atoms with Gasteiger partial charge in [0.15, 0.2) is 0 Å². The molecule has 1 fully saturated rings. The number of para-hydroxylation sites is 1. The average molecular weight is 340 g/mol. The fourth-order valence-corrected chi connectivity index (χ4v) is 3.37. The van der Waals surface area contributed by atoms with Crippen molar-refractivity contribution in [1.29, 1.82) is 0 Å². The Balaban J connectivity index is 1.47. The van der Waals surface area contributed by atoms with Gasteiger partial charge in [0, 0.05) is 50.9 Å². The van der Waals surface area contributed by atoms with Gasteiger partial charge >= 0.3 is 0 Å². The molecule has 1 atom stereocenters. The number of nitrogens with zero attached hydrogens (tertiary/aromatic N) is 3. The highest BCUT2D eigenvalue weighted by atomic mass is 16.1. The van der Waals surface area contributed by atoms with Crippen molar-refractivity contribution in [2.24, 2.45) is 5.92 Å². The number of benzene rings is 1. The summed E-state index contributed by atoms with van der Waals surface area (Å²) in [5.74, 6) is 0.529. The highest BCUT2D eigenvalue weighted by Crippen LogP contribution is 2.16. The number of fused-ring (bicyclic) bond motifs is 1. The van der Waals surface area contributed by atoms with E-state index in [1.54, 1.807) is 6.20 Å². The molecule has 0 aliphatic carbocycles. The van der Waals surface area contributed by atoms with E-state index in [9.17, 15) is 4.79 Å². The number of carbonyl (C=O) groups is 1. The first kappa shape index (κ1) is 17.8. The zero-order valence-corrected chi connectivity index (χ0v) is 15.2. The van der Waals surface area contributed by atoms with Gasteiger partial charge < -0.3 is 15.1 Å². The molecule has 134 valence electrons. The summed E-state index contributed by atoms with van der Waals surface area (Å²) in [6.45, 7) is 8.48. The maximum absolute atomic E-state index is 12.3. The topological polar surface area (TPSA) is 48.5 Å². The molecule has 0 spiro atoms. The fraction of sp³-hybridized carbons (Fsp3) is 0.500. The maximum Gasteiger partial charge on any atom is 0.224 e. The number of hydrogen-bond acceptors (Lipinski definition) is 4. The van der Waals surface area contributed by atoms with Gasteiger partial charge in [-0.1, -0.05) is 31.2 Å². The van der Waals surface area contributed by atoms with Crippen LogP contribution in [-0.2, 0) is 11.2 Å². The lowest BCUT2D eigenvalue weighted by Crippen LogP contribution is -2.47. The third-order valence-corrected chi connectivity index (χ3v) is 4.88. The second kappa shape index (κ2) is 8.41. The standard InChI is InChI=1S/C20H28N4O/c1-16(15-24-11-9-23(2)10-12-24)14-22-19(25)13-18-6-3-5-17-7-4-8-21-20(17)18/h3-8,16H,9-15H2,1-2H3,(H,22,25). The Bertz CT molecular complexity index is 704. The van der Waals surface area contributed by atoms with E-state index in [4.69, 9.17) is 0 Å². The molecule has 1 aliphatic rings. The average Bonchev–Trinajstić information content (AvgIpc) is 2.62. The summed E-state index contributed by atoms with van der Waals surface area (Å²) in [4.78, 5) is 21.6. The minimum absolute atomic E-state index is 0.0726. The highest BCUT2D eigenvalue weighted by Gasteiger charge is 2.16. The Labute approximate surface area is 150 Å². The van der Waals surface area contributed by atoms with Gasteiger partial charge in [-0.2, -0.15) is 0 Å². The van der Waals surface area contributed by atoms with Gasteiger partial charge in [0.2, 0.25) is 5.91 Å². The summed E-state index contributed by atoms with van der Waals surface area (Å²) in [7, 11) is 2.17. The van der Waals surface area contributed by atoms with Crippen molar-refractivity contribution in [1.82, 2.24) is 20.1 Å². The number of nitrogens with one attached hydrogen (secondary N) is 1. The van der Waals surface area contributed by atoms with Crippen LogP contribution >= 0.6 is 0 Å². The summed E-state index contributed by atoms with van der Waals surface area (Å²) in [6.07, 6.45) is 2.16. The van der Waals surface area contributed by atoms with E-state index in [1.165, 1.54) is 0 Å². The van der Waals surface area contributed by atoms with Crippen molar-refractivity contribution in [3.05, 3.63) is 42.1 Å². The van der Waals surface area contributed by atoms with Crippen LogP contribution < -0.4 is 5.32 Å². The number of likely N-dealkylation sites (N-methyl/N-ethyl adjacent to an activating group) is 1. The third-order valence-electron chi connectivity index (χ3n) is 4.88. The fourth-order valence-electron chi connectivity index (χ4n) is 3.37. The molecule has 5 nitrogen and oxygen atoms in total. The second-order valence-electron chi connectivity index (χ2n) is 7.18. The number of carbonyl (C=O) groups excluding carboxylic acids is 1. The molecular weight excluding hydrogens is 312 g/mol. The molecule has 0 radical (unpaired) electrons. The largest absolute Gasteiger partial charge is 0.355 e. The van der Waals surface area contributed by atoms with Crippen LogP contribution in [0, 0.1) is 5.92 Å². The van der Waals surface area contributed by atoms with Crippen LogP contribution in [0.5, 0.6) is 0 Å². The monoisotopic (exact) mass is 340 g/mol. The first-order valence-corrected chi connectivity index (χ1v) is 9.12. The van der Waals surface area contributed by atoms with E-state index in [-0.39, 0.29) is 5.91 Å². The zero-order valence-electron chi connectivity index (χ0n) is 15.2. The van der Waals surface area contributed by atoms with Gasteiger partial charge in [-0.3, -0.25) is 9.78 Å². The van der Waals surface area contributed by atoms with Crippen molar-refractivity contribution in [2.75, 3.05) is 46.3 Å². The van der Waals surface area contributed by atoms with Crippen molar-refractivity contribution in [3.63, 3.8) is 0 Å². The Kier molecular flexibility index (Phi) is 6.00. The van der Waals surface area contributed by atoms with Crippen LogP contribution in [0.25, 0.3) is 10.9 Å². The van der Waals surface area contributed by atoms with Crippen LogP contribution in [0.15, 0.2) is 36.5 Å². The van der Waals surface area contributed by atoms with E-state index in [2.05, 4.69) is 34.1 Å². The molecule has 25 heavy (non-hydrogen) atoms. The molecule has 5 heteroatoms. The third kappa shape index (κ3) is 5.00. The normalized spacial score (nSPS) is 17.5. The number of pyridine rings is 1. The first-order valence-electron chi connectivity index (χ1n) is 9.12.